The highest BCUT2D eigenvalue weighted by Crippen LogP contribution is 2.21. The molecule has 2 unspecified atom stereocenters. The zero-order chi connectivity index (χ0) is 11.4. The van der Waals surface area contributed by atoms with Crippen molar-refractivity contribution in [1.29, 1.82) is 0 Å². The van der Waals surface area contributed by atoms with Gasteiger partial charge in [0.05, 0.1) is 11.6 Å². The van der Waals surface area contributed by atoms with E-state index in [4.69, 9.17) is 5.73 Å². The van der Waals surface area contributed by atoms with E-state index in [0.717, 1.165) is 10.2 Å². The van der Waals surface area contributed by atoms with Crippen LogP contribution in [0.1, 0.15) is 13.8 Å². The van der Waals surface area contributed by atoms with E-state index in [-0.39, 0.29) is 17.9 Å². The average molecular weight is 271 g/mol. The molecule has 82 valence electrons. The maximum Gasteiger partial charge on any atom is 0.228 e. The summed E-state index contributed by atoms with van der Waals surface area (Å²) >= 11 is 3.36. The fraction of sp³-hybridized carbons (Fsp3) is 0.364. The molecule has 3 nitrogen and oxygen atoms in total. The lowest BCUT2D eigenvalue weighted by Gasteiger charge is -2.15. The molecule has 0 saturated carbocycles. The predicted octanol–water partition coefficient (Wildman–Crippen LogP) is 2.37. The Morgan fingerprint density at radius 2 is 2.00 bits per heavy atom. The molecule has 1 aromatic carbocycles. The lowest BCUT2D eigenvalue weighted by atomic mass is 10.0. The molecule has 0 bridgehead atoms. The summed E-state index contributed by atoms with van der Waals surface area (Å²) in [5, 5.41) is 2.83. The zero-order valence-corrected chi connectivity index (χ0v) is 10.4. The second kappa shape index (κ2) is 5.28. The fourth-order valence-corrected chi connectivity index (χ4v) is 1.43. The van der Waals surface area contributed by atoms with Crippen LogP contribution in [-0.4, -0.2) is 11.9 Å². The van der Waals surface area contributed by atoms with Gasteiger partial charge in [-0.15, -0.1) is 0 Å². The summed E-state index contributed by atoms with van der Waals surface area (Å²) in [5.41, 5.74) is 6.43. The molecule has 2 atom stereocenters. The van der Waals surface area contributed by atoms with Crippen LogP contribution in [0.15, 0.2) is 28.7 Å². The van der Waals surface area contributed by atoms with Gasteiger partial charge < -0.3 is 11.1 Å². The number of carbonyl (C=O) groups excluding carboxylic acids is 1. The van der Waals surface area contributed by atoms with E-state index in [2.05, 4.69) is 21.2 Å². The number of halogens is 1. The quantitative estimate of drug-likeness (QED) is 0.886. The minimum Gasteiger partial charge on any atom is -0.327 e. The third kappa shape index (κ3) is 3.32. The molecule has 15 heavy (non-hydrogen) atoms. The largest absolute Gasteiger partial charge is 0.327 e. The van der Waals surface area contributed by atoms with E-state index < -0.39 is 0 Å². The summed E-state index contributed by atoms with van der Waals surface area (Å²) in [4.78, 5) is 11.7. The second-order valence-corrected chi connectivity index (χ2v) is 4.47. The Hall–Kier alpha value is -0.870. The van der Waals surface area contributed by atoms with Gasteiger partial charge in [0.15, 0.2) is 0 Å². The number of hydrogen-bond donors (Lipinski definition) is 2. The van der Waals surface area contributed by atoms with Gasteiger partial charge in [0.25, 0.3) is 0 Å². The zero-order valence-electron chi connectivity index (χ0n) is 8.83. The molecule has 0 saturated heterocycles. The van der Waals surface area contributed by atoms with Crippen molar-refractivity contribution in [3.63, 3.8) is 0 Å². The van der Waals surface area contributed by atoms with Crippen LogP contribution in [0.25, 0.3) is 0 Å². The molecule has 0 spiro atoms. The molecule has 0 aromatic heterocycles. The topological polar surface area (TPSA) is 55.1 Å². The van der Waals surface area contributed by atoms with Gasteiger partial charge in [-0.1, -0.05) is 19.1 Å². The van der Waals surface area contributed by atoms with Crippen molar-refractivity contribution in [2.24, 2.45) is 11.7 Å². The number of benzene rings is 1. The van der Waals surface area contributed by atoms with E-state index in [1.54, 1.807) is 0 Å². The Labute approximate surface area is 98.2 Å². The van der Waals surface area contributed by atoms with Crippen LogP contribution < -0.4 is 11.1 Å². The third-order valence-electron chi connectivity index (χ3n) is 2.33. The van der Waals surface area contributed by atoms with Gasteiger partial charge in [0.1, 0.15) is 0 Å². The van der Waals surface area contributed by atoms with Crippen LogP contribution in [0.5, 0.6) is 0 Å². The molecule has 3 N–H and O–H groups in total. The maximum absolute atomic E-state index is 11.7. The van der Waals surface area contributed by atoms with Crippen LogP contribution in [-0.2, 0) is 4.79 Å². The first-order chi connectivity index (χ1) is 7.02. The molecule has 4 heteroatoms. The number of amides is 1. The summed E-state index contributed by atoms with van der Waals surface area (Å²) < 4.78 is 0.871. The molecular weight excluding hydrogens is 256 g/mol. The molecule has 1 amide bonds. The van der Waals surface area contributed by atoms with Crippen LogP contribution in [0, 0.1) is 5.92 Å². The molecule has 0 heterocycles. The van der Waals surface area contributed by atoms with Gasteiger partial charge in [-0.3, -0.25) is 4.79 Å². The highest BCUT2D eigenvalue weighted by atomic mass is 79.9. The SMILES string of the molecule is CC(N)C(C)C(=O)Nc1ccccc1Br. The number of carbonyl (C=O) groups is 1. The molecule has 1 aromatic rings. The van der Waals surface area contributed by atoms with Crippen molar-refractivity contribution in [3.8, 4) is 0 Å². The summed E-state index contributed by atoms with van der Waals surface area (Å²) in [5.74, 6) is -0.256. The second-order valence-electron chi connectivity index (χ2n) is 3.62. The lowest BCUT2D eigenvalue weighted by Crippen LogP contribution is -2.34. The molecule has 0 aliphatic rings. The number of para-hydroxylation sites is 1. The van der Waals surface area contributed by atoms with E-state index in [1.807, 2.05) is 38.1 Å². The molecule has 0 aliphatic carbocycles. The van der Waals surface area contributed by atoms with Gasteiger partial charge in [0.2, 0.25) is 5.91 Å². The molecule has 1 rings (SSSR count). The van der Waals surface area contributed by atoms with Crippen LogP contribution in [0.4, 0.5) is 5.69 Å². The number of nitrogens with one attached hydrogen (secondary N) is 1. The van der Waals surface area contributed by atoms with Crippen molar-refractivity contribution in [2.75, 3.05) is 5.32 Å². The van der Waals surface area contributed by atoms with Gasteiger partial charge in [-0.05, 0) is 35.0 Å². The lowest BCUT2D eigenvalue weighted by molar-refractivity contribution is -0.119. The van der Waals surface area contributed by atoms with Gasteiger partial charge >= 0.3 is 0 Å². The average Bonchev–Trinajstić information content (AvgIpc) is 2.20. The van der Waals surface area contributed by atoms with Gasteiger partial charge in [-0.2, -0.15) is 0 Å². The number of nitrogens with two attached hydrogens (primary N) is 1. The van der Waals surface area contributed by atoms with Crippen molar-refractivity contribution in [2.45, 2.75) is 19.9 Å². The smallest absolute Gasteiger partial charge is 0.228 e. The first-order valence-corrected chi connectivity index (χ1v) is 5.62. The minimum absolute atomic E-state index is 0.0584. The van der Waals surface area contributed by atoms with Gasteiger partial charge in [-0.25, -0.2) is 0 Å². The van der Waals surface area contributed by atoms with E-state index >= 15 is 0 Å². The van der Waals surface area contributed by atoms with Crippen LogP contribution >= 0.6 is 15.9 Å². The van der Waals surface area contributed by atoms with E-state index in [9.17, 15) is 4.79 Å². The van der Waals surface area contributed by atoms with E-state index in [0.29, 0.717) is 0 Å². The fourth-order valence-electron chi connectivity index (χ4n) is 1.05. The summed E-state index contributed by atoms with van der Waals surface area (Å²) in [7, 11) is 0. The van der Waals surface area contributed by atoms with Crippen molar-refractivity contribution in [3.05, 3.63) is 28.7 Å². The highest BCUT2D eigenvalue weighted by molar-refractivity contribution is 9.10. The number of rotatable bonds is 3. The molecule has 0 fully saturated rings. The van der Waals surface area contributed by atoms with Crippen LogP contribution in [0.2, 0.25) is 0 Å². The highest BCUT2D eigenvalue weighted by Gasteiger charge is 2.17. The molecule has 0 aliphatic heterocycles. The Kier molecular flexibility index (Phi) is 4.29. The van der Waals surface area contributed by atoms with Crippen molar-refractivity contribution in [1.82, 2.24) is 0 Å². The summed E-state index contributed by atoms with van der Waals surface area (Å²) in [6.45, 7) is 3.64. The molecular formula is C11H15BrN2O. The van der Waals surface area contributed by atoms with Crippen molar-refractivity contribution < 1.29 is 4.79 Å². The Morgan fingerprint density at radius 1 is 1.40 bits per heavy atom. The van der Waals surface area contributed by atoms with Crippen molar-refractivity contribution >= 4 is 27.5 Å². The first kappa shape index (κ1) is 12.2. The Balaban J connectivity index is 2.71. The summed E-state index contributed by atoms with van der Waals surface area (Å²) in [6, 6.07) is 7.35. The number of hydrogen-bond acceptors (Lipinski definition) is 2. The minimum atomic E-state index is -0.197. The normalized spacial score (nSPS) is 14.4. The Morgan fingerprint density at radius 3 is 2.53 bits per heavy atom. The van der Waals surface area contributed by atoms with Gasteiger partial charge in [0, 0.05) is 10.5 Å². The van der Waals surface area contributed by atoms with E-state index in [1.165, 1.54) is 0 Å². The number of anilines is 1. The summed E-state index contributed by atoms with van der Waals surface area (Å²) in [6.07, 6.45) is 0. The Bertz CT molecular complexity index is 352. The first-order valence-electron chi connectivity index (χ1n) is 4.83. The standard InChI is InChI=1S/C11H15BrN2O/c1-7(8(2)13)11(15)14-10-6-4-3-5-9(10)12/h3-8H,13H2,1-2H3,(H,14,15). The maximum atomic E-state index is 11.7. The van der Waals surface area contributed by atoms with Crippen LogP contribution in [0.3, 0.4) is 0 Å². The predicted molar refractivity (Wildman–Crippen MR) is 65.6 cm³/mol. The monoisotopic (exact) mass is 270 g/mol. The molecule has 0 radical (unpaired) electrons. The third-order valence-corrected chi connectivity index (χ3v) is 3.03.